The third kappa shape index (κ3) is 74.3. The minimum Gasteiger partial charge on any atom is -0.462 e. The van der Waals surface area contributed by atoms with Crippen LogP contribution >= 0.6 is 15.6 Å². The van der Waals surface area contributed by atoms with Gasteiger partial charge in [-0.3, -0.25) is 37.3 Å². The van der Waals surface area contributed by atoms with Gasteiger partial charge in [0.05, 0.1) is 26.4 Å². The minimum atomic E-state index is -4.96. The molecule has 0 fully saturated rings. The van der Waals surface area contributed by atoms with Crippen molar-refractivity contribution in [2.75, 3.05) is 39.6 Å². The first kappa shape index (κ1) is 98.1. The Kier molecular flexibility index (Phi) is 73.8. The van der Waals surface area contributed by atoms with Crippen LogP contribution in [-0.4, -0.2) is 96.7 Å². The van der Waals surface area contributed by atoms with Crippen LogP contribution in [0.25, 0.3) is 0 Å². The van der Waals surface area contributed by atoms with E-state index in [1.54, 1.807) is 0 Å². The van der Waals surface area contributed by atoms with Gasteiger partial charge in [-0.05, 0) is 25.7 Å². The van der Waals surface area contributed by atoms with Gasteiger partial charge in [0, 0.05) is 25.7 Å². The Hall–Kier alpha value is -1.94. The number of aliphatic hydroxyl groups excluding tert-OH is 1. The monoisotopic (exact) mass is 1470 g/mol. The van der Waals surface area contributed by atoms with Crippen molar-refractivity contribution in [1.29, 1.82) is 0 Å². The molecule has 0 aromatic carbocycles. The van der Waals surface area contributed by atoms with Crippen LogP contribution in [-0.2, 0) is 65.4 Å². The van der Waals surface area contributed by atoms with E-state index in [-0.39, 0.29) is 25.7 Å². The van der Waals surface area contributed by atoms with Crippen LogP contribution in [0.1, 0.15) is 439 Å². The third-order valence-corrected chi connectivity index (χ3v) is 21.0. The summed E-state index contributed by atoms with van der Waals surface area (Å²) in [7, 11) is -9.91. The molecule has 0 saturated carbocycles. The first-order valence-corrected chi connectivity index (χ1v) is 45.3. The van der Waals surface area contributed by atoms with E-state index in [2.05, 4.69) is 27.7 Å². The highest BCUT2D eigenvalue weighted by Gasteiger charge is 2.30. The van der Waals surface area contributed by atoms with Crippen LogP contribution < -0.4 is 0 Å². The second-order valence-corrected chi connectivity index (χ2v) is 32.1. The lowest BCUT2D eigenvalue weighted by Crippen LogP contribution is -2.30. The predicted octanol–water partition coefficient (Wildman–Crippen LogP) is 24.6. The first-order chi connectivity index (χ1) is 48.7. The fourth-order valence-corrected chi connectivity index (χ4v) is 14.2. The second kappa shape index (κ2) is 75.3. The maximum Gasteiger partial charge on any atom is 0.472 e. The molecule has 17 nitrogen and oxygen atoms in total. The summed E-state index contributed by atoms with van der Waals surface area (Å²) in [5, 5.41) is 10.6. The van der Waals surface area contributed by atoms with Gasteiger partial charge in [0.1, 0.15) is 19.3 Å². The minimum absolute atomic E-state index is 0.108. The third-order valence-electron chi connectivity index (χ3n) is 19.1. The first-order valence-electron chi connectivity index (χ1n) is 42.3. The molecule has 100 heavy (non-hydrogen) atoms. The van der Waals surface area contributed by atoms with Crippen molar-refractivity contribution in [2.24, 2.45) is 0 Å². The molecule has 0 heterocycles. The SMILES string of the molecule is CCCCCCCCCCCCCCCCCCCCCCCC(=O)O[C@H](COC(=O)CCCCCCCCCCCCCCCCCCCCC)COP(=O)(O)OC[C@@H](O)COP(=O)(O)OC[C@@H](COC(=O)CCCCCCC)OC(=O)CCCCCCCCCCCCCCCCC. The van der Waals surface area contributed by atoms with Crippen molar-refractivity contribution < 1.29 is 80.2 Å². The molecule has 0 aliphatic carbocycles. The van der Waals surface area contributed by atoms with E-state index < -0.39 is 97.5 Å². The molecule has 0 amide bonds. The van der Waals surface area contributed by atoms with E-state index >= 15 is 0 Å². The van der Waals surface area contributed by atoms with Gasteiger partial charge in [0.2, 0.25) is 0 Å². The molecular formula is C81H158O17P2. The van der Waals surface area contributed by atoms with Crippen LogP contribution in [0.3, 0.4) is 0 Å². The standard InChI is InChI=1S/C81H158O17P2/c1-5-9-13-17-20-23-26-29-32-34-36-37-39-41-44-47-50-53-56-60-64-68-81(86)98-77(72-92-79(84)66-62-58-54-51-48-45-43-40-38-35-33-30-27-24-21-18-14-10-6-2)74-96-100(89,90)94-70-75(82)69-93-99(87,88)95-73-76(71-91-78(83)65-61-57-16-12-8-4)97-80(85)67-63-59-55-52-49-46-42-31-28-25-22-19-15-11-7-3/h75-77,82H,5-74H2,1-4H3,(H,87,88)(H,89,90)/t75-,76+,77+/m0/s1. The number of carbonyl (C=O) groups is 4. The molecule has 0 aliphatic rings. The number of unbranched alkanes of at least 4 members (excludes halogenated alkanes) is 56. The summed E-state index contributed by atoms with van der Waals surface area (Å²) in [4.78, 5) is 72.7. The molecule has 0 aromatic rings. The maximum atomic E-state index is 13.1. The van der Waals surface area contributed by atoms with E-state index in [9.17, 15) is 43.2 Å². The van der Waals surface area contributed by atoms with Crippen LogP contribution in [0.2, 0.25) is 0 Å². The smallest absolute Gasteiger partial charge is 0.462 e. The quantitative estimate of drug-likeness (QED) is 0.0222. The summed E-state index contributed by atoms with van der Waals surface area (Å²) in [5.74, 6) is -2.12. The number of phosphoric acid groups is 2. The summed E-state index contributed by atoms with van der Waals surface area (Å²) in [6, 6.07) is 0. The molecule has 0 bridgehead atoms. The van der Waals surface area contributed by atoms with E-state index in [1.165, 1.54) is 263 Å². The lowest BCUT2D eigenvalue weighted by molar-refractivity contribution is -0.161. The Morgan fingerprint density at radius 1 is 0.240 bits per heavy atom. The lowest BCUT2D eigenvalue weighted by Gasteiger charge is -2.21. The number of carbonyl (C=O) groups excluding carboxylic acids is 4. The van der Waals surface area contributed by atoms with Gasteiger partial charge in [-0.1, -0.05) is 387 Å². The Labute approximate surface area is 613 Å². The van der Waals surface area contributed by atoms with E-state index in [0.29, 0.717) is 25.7 Å². The van der Waals surface area contributed by atoms with Crippen LogP contribution in [0.15, 0.2) is 0 Å². The Morgan fingerprint density at radius 2 is 0.400 bits per heavy atom. The molecule has 0 rings (SSSR count). The second-order valence-electron chi connectivity index (χ2n) is 29.2. The molecule has 594 valence electrons. The van der Waals surface area contributed by atoms with E-state index in [1.807, 2.05) is 0 Å². The molecular weight excluding hydrogens is 1310 g/mol. The summed E-state index contributed by atoms with van der Waals surface area (Å²) in [5.41, 5.74) is 0. The van der Waals surface area contributed by atoms with Crippen molar-refractivity contribution in [1.82, 2.24) is 0 Å². The summed E-state index contributed by atoms with van der Waals surface area (Å²) >= 11 is 0. The fourth-order valence-electron chi connectivity index (χ4n) is 12.6. The molecule has 3 N–H and O–H groups in total. The number of aliphatic hydroxyl groups is 1. The average Bonchev–Trinajstić information content (AvgIpc) is 0.919. The van der Waals surface area contributed by atoms with Crippen molar-refractivity contribution in [3.8, 4) is 0 Å². The molecule has 19 heteroatoms. The maximum absolute atomic E-state index is 13.1. The number of ether oxygens (including phenoxy) is 4. The summed E-state index contributed by atoms with van der Waals surface area (Å²) < 4.78 is 68.5. The predicted molar refractivity (Wildman–Crippen MR) is 409 cm³/mol. The van der Waals surface area contributed by atoms with Crippen molar-refractivity contribution in [2.45, 2.75) is 457 Å². The fraction of sp³-hybridized carbons (Fsp3) is 0.951. The summed E-state index contributed by atoms with van der Waals surface area (Å²) in [6.45, 7) is 4.93. The zero-order chi connectivity index (χ0) is 73.2. The summed E-state index contributed by atoms with van der Waals surface area (Å²) in [6.07, 6.45) is 68.6. The Bertz CT molecular complexity index is 1890. The number of hydrogen-bond acceptors (Lipinski definition) is 15. The van der Waals surface area contributed by atoms with Crippen LogP contribution in [0, 0.1) is 0 Å². The van der Waals surface area contributed by atoms with E-state index in [4.69, 9.17) is 37.0 Å². The highest BCUT2D eigenvalue weighted by molar-refractivity contribution is 7.47. The number of hydrogen-bond donors (Lipinski definition) is 3. The molecule has 0 spiro atoms. The number of phosphoric ester groups is 2. The van der Waals surface area contributed by atoms with Crippen molar-refractivity contribution in [3.05, 3.63) is 0 Å². The molecule has 2 unspecified atom stereocenters. The zero-order valence-corrected chi connectivity index (χ0v) is 67.0. The zero-order valence-electron chi connectivity index (χ0n) is 65.2. The van der Waals surface area contributed by atoms with Crippen LogP contribution in [0.5, 0.6) is 0 Å². The Balaban J connectivity index is 5.11. The Morgan fingerprint density at radius 3 is 0.590 bits per heavy atom. The molecule has 0 aliphatic heterocycles. The lowest BCUT2D eigenvalue weighted by atomic mass is 10.0. The molecule has 5 atom stereocenters. The largest absolute Gasteiger partial charge is 0.472 e. The normalized spacial score (nSPS) is 13.8. The van der Waals surface area contributed by atoms with Crippen molar-refractivity contribution in [3.63, 3.8) is 0 Å². The topological polar surface area (TPSA) is 237 Å². The van der Waals surface area contributed by atoms with Gasteiger partial charge >= 0.3 is 39.5 Å². The highest BCUT2D eigenvalue weighted by atomic mass is 31.2. The van der Waals surface area contributed by atoms with Gasteiger partial charge < -0.3 is 33.8 Å². The van der Waals surface area contributed by atoms with Crippen LogP contribution in [0.4, 0.5) is 0 Å². The van der Waals surface area contributed by atoms with Crippen molar-refractivity contribution >= 4 is 39.5 Å². The number of rotatable bonds is 82. The van der Waals surface area contributed by atoms with Gasteiger partial charge in [-0.25, -0.2) is 9.13 Å². The van der Waals surface area contributed by atoms with E-state index in [0.717, 1.165) is 96.3 Å². The molecule has 0 aromatic heterocycles. The van der Waals surface area contributed by atoms with Gasteiger partial charge in [0.25, 0.3) is 0 Å². The molecule has 0 radical (unpaired) electrons. The van der Waals surface area contributed by atoms with Gasteiger partial charge in [-0.15, -0.1) is 0 Å². The molecule has 0 saturated heterocycles. The number of esters is 4. The average molecular weight is 1470 g/mol. The van der Waals surface area contributed by atoms with Gasteiger partial charge in [-0.2, -0.15) is 0 Å². The highest BCUT2D eigenvalue weighted by Crippen LogP contribution is 2.45. The van der Waals surface area contributed by atoms with Gasteiger partial charge in [0.15, 0.2) is 12.2 Å².